The Labute approximate surface area is 231 Å². The summed E-state index contributed by atoms with van der Waals surface area (Å²) in [4.78, 5) is 0. The summed E-state index contributed by atoms with van der Waals surface area (Å²) in [6, 6.07) is 12.6. The molecule has 0 spiro atoms. The number of benzene rings is 2. The molecule has 2 atom stereocenters. The van der Waals surface area contributed by atoms with E-state index in [-0.39, 0.29) is 0 Å². The summed E-state index contributed by atoms with van der Waals surface area (Å²) in [5.74, 6) is 1.83. The number of aliphatic hydroxyl groups is 2. The predicted octanol–water partition coefficient (Wildman–Crippen LogP) is 4.16. The monoisotopic (exact) mass is 696 g/mol. The molecule has 0 bridgehead atoms. The molecular formula is C26H38I2N2O4. The summed E-state index contributed by atoms with van der Waals surface area (Å²) in [6.07, 6.45) is 4.71. The van der Waals surface area contributed by atoms with Crippen LogP contribution in [0.15, 0.2) is 36.4 Å². The summed E-state index contributed by atoms with van der Waals surface area (Å²) >= 11 is 4.59. The fourth-order valence-electron chi connectivity index (χ4n) is 3.66. The molecule has 190 valence electrons. The minimum absolute atomic E-state index is 0.402. The highest BCUT2D eigenvalue weighted by atomic mass is 127. The molecule has 0 aliphatic carbocycles. The zero-order chi connectivity index (χ0) is 24.8. The van der Waals surface area contributed by atoms with E-state index in [9.17, 15) is 10.2 Å². The van der Waals surface area contributed by atoms with E-state index in [0.29, 0.717) is 13.1 Å². The van der Waals surface area contributed by atoms with E-state index in [0.717, 1.165) is 70.3 Å². The van der Waals surface area contributed by atoms with Crippen LogP contribution in [0.1, 0.15) is 36.8 Å². The molecule has 0 radical (unpaired) electrons. The van der Waals surface area contributed by atoms with Gasteiger partial charge in [0, 0.05) is 13.1 Å². The van der Waals surface area contributed by atoms with Crippen molar-refractivity contribution in [1.29, 1.82) is 0 Å². The second-order valence-corrected chi connectivity index (χ2v) is 10.7. The van der Waals surface area contributed by atoms with Gasteiger partial charge in [0.2, 0.25) is 0 Å². The molecule has 0 unspecified atom stereocenters. The number of methoxy groups -OCH3 is 2. The molecule has 34 heavy (non-hydrogen) atoms. The van der Waals surface area contributed by atoms with Crippen molar-refractivity contribution in [2.45, 2.75) is 50.7 Å². The van der Waals surface area contributed by atoms with Crippen molar-refractivity contribution in [3.63, 3.8) is 0 Å². The first-order valence-electron chi connectivity index (χ1n) is 11.9. The quantitative estimate of drug-likeness (QED) is 0.147. The van der Waals surface area contributed by atoms with Crippen LogP contribution in [-0.4, -0.2) is 62.8 Å². The van der Waals surface area contributed by atoms with E-state index < -0.39 is 12.2 Å². The molecule has 0 saturated heterocycles. The molecule has 0 heterocycles. The molecule has 4 N–H and O–H groups in total. The Balaban J connectivity index is 1.48. The molecule has 0 aliphatic rings. The number of aryl methyl sites for hydroxylation is 2. The van der Waals surface area contributed by atoms with Crippen LogP contribution in [0.3, 0.4) is 0 Å². The molecule has 0 fully saturated rings. The summed E-state index contributed by atoms with van der Waals surface area (Å²) in [6.45, 7) is 2.46. The zero-order valence-corrected chi connectivity index (χ0v) is 24.5. The van der Waals surface area contributed by atoms with Crippen molar-refractivity contribution >= 4 is 45.2 Å². The van der Waals surface area contributed by atoms with Gasteiger partial charge < -0.3 is 30.3 Å². The van der Waals surface area contributed by atoms with E-state index in [1.165, 1.54) is 11.1 Å². The van der Waals surface area contributed by atoms with Crippen LogP contribution in [0, 0.1) is 7.14 Å². The average molecular weight is 696 g/mol. The van der Waals surface area contributed by atoms with Crippen molar-refractivity contribution in [1.82, 2.24) is 10.6 Å². The van der Waals surface area contributed by atoms with Crippen molar-refractivity contribution < 1.29 is 19.7 Å². The van der Waals surface area contributed by atoms with E-state index in [1.54, 1.807) is 14.2 Å². The molecule has 0 saturated carbocycles. The van der Waals surface area contributed by atoms with Gasteiger partial charge in [-0.25, -0.2) is 0 Å². The van der Waals surface area contributed by atoms with Gasteiger partial charge in [0.05, 0.1) is 33.6 Å². The fourth-order valence-corrected chi connectivity index (χ4v) is 5.26. The van der Waals surface area contributed by atoms with Gasteiger partial charge in [0.15, 0.2) is 0 Å². The van der Waals surface area contributed by atoms with Crippen LogP contribution >= 0.6 is 45.2 Å². The van der Waals surface area contributed by atoms with Gasteiger partial charge in [0.1, 0.15) is 11.5 Å². The second kappa shape index (κ2) is 16.9. The van der Waals surface area contributed by atoms with Crippen LogP contribution in [0.25, 0.3) is 0 Å². The first-order valence-corrected chi connectivity index (χ1v) is 14.0. The molecule has 2 aromatic rings. The van der Waals surface area contributed by atoms with Gasteiger partial charge >= 0.3 is 0 Å². The van der Waals surface area contributed by atoms with Crippen LogP contribution in [0.4, 0.5) is 0 Å². The highest BCUT2D eigenvalue weighted by molar-refractivity contribution is 14.1. The first kappa shape index (κ1) is 29.6. The summed E-state index contributed by atoms with van der Waals surface area (Å²) in [7, 11) is 3.38. The highest BCUT2D eigenvalue weighted by Crippen LogP contribution is 2.23. The zero-order valence-electron chi connectivity index (χ0n) is 20.2. The number of aliphatic hydroxyl groups excluding tert-OH is 2. The predicted molar refractivity (Wildman–Crippen MR) is 155 cm³/mol. The molecule has 2 rings (SSSR count). The van der Waals surface area contributed by atoms with Crippen molar-refractivity contribution in [2.24, 2.45) is 0 Å². The van der Waals surface area contributed by atoms with E-state index in [4.69, 9.17) is 9.47 Å². The normalized spacial score (nSPS) is 13.0. The highest BCUT2D eigenvalue weighted by Gasteiger charge is 2.15. The minimum Gasteiger partial charge on any atom is -0.496 e. The number of unbranched alkanes of at least 4 members (excludes halogenated alkanes) is 2. The maximum atomic E-state index is 10.2. The Bertz CT molecular complexity index is 784. The Morgan fingerprint density at radius 1 is 0.706 bits per heavy atom. The van der Waals surface area contributed by atoms with Gasteiger partial charge in [-0.1, -0.05) is 12.1 Å². The number of ether oxygens (including phenoxy) is 2. The minimum atomic E-state index is -0.767. The molecular weight excluding hydrogens is 658 g/mol. The van der Waals surface area contributed by atoms with Gasteiger partial charge in [0.25, 0.3) is 0 Å². The smallest absolute Gasteiger partial charge is 0.132 e. The van der Waals surface area contributed by atoms with Crippen molar-refractivity contribution in [3.8, 4) is 11.5 Å². The molecule has 0 amide bonds. The van der Waals surface area contributed by atoms with Crippen LogP contribution in [0.5, 0.6) is 11.5 Å². The van der Waals surface area contributed by atoms with E-state index in [1.807, 2.05) is 12.1 Å². The second-order valence-electron chi connectivity index (χ2n) is 8.39. The number of hydrogen-bond donors (Lipinski definition) is 4. The van der Waals surface area contributed by atoms with Crippen molar-refractivity contribution in [3.05, 3.63) is 54.7 Å². The van der Waals surface area contributed by atoms with Crippen LogP contribution in [-0.2, 0) is 12.8 Å². The molecule has 0 aromatic heterocycles. The van der Waals surface area contributed by atoms with Gasteiger partial charge in [-0.05, 0) is 132 Å². The lowest BCUT2D eigenvalue weighted by molar-refractivity contribution is 0.0210. The number of halogens is 2. The third-order valence-corrected chi connectivity index (χ3v) is 7.41. The molecule has 8 heteroatoms. The van der Waals surface area contributed by atoms with Gasteiger partial charge in [-0.15, -0.1) is 0 Å². The summed E-state index contributed by atoms with van der Waals surface area (Å²) in [5, 5.41) is 26.9. The lowest BCUT2D eigenvalue weighted by Crippen LogP contribution is -2.42. The largest absolute Gasteiger partial charge is 0.496 e. The van der Waals surface area contributed by atoms with E-state index in [2.05, 4.69) is 80.1 Å². The fraction of sp³-hybridized carbons (Fsp3) is 0.538. The maximum absolute atomic E-state index is 10.2. The topological polar surface area (TPSA) is 83.0 Å². The summed E-state index contributed by atoms with van der Waals surface area (Å²) < 4.78 is 12.9. The first-order chi connectivity index (χ1) is 16.4. The van der Waals surface area contributed by atoms with Crippen LogP contribution in [0.2, 0.25) is 0 Å². The molecule has 6 nitrogen and oxygen atoms in total. The van der Waals surface area contributed by atoms with Gasteiger partial charge in [-0.3, -0.25) is 0 Å². The maximum Gasteiger partial charge on any atom is 0.132 e. The van der Waals surface area contributed by atoms with Crippen LogP contribution < -0.4 is 20.1 Å². The van der Waals surface area contributed by atoms with Crippen molar-refractivity contribution in [2.75, 3.05) is 40.4 Å². The number of nitrogens with one attached hydrogen (secondary N) is 2. The third kappa shape index (κ3) is 10.9. The number of hydrogen-bond acceptors (Lipinski definition) is 6. The lowest BCUT2D eigenvalue weighted by Gasteiger charge is -2.19. The average Bonchev–Trinajstić information content (AvgIpc) is 2.83. The lowest BCUT2D eigenvalue weighted by atomic mass is 10.1. The SMILES string of the molecule is COc1ccc(CCCCNC[C@H](O)[C@@H](O)CNCCCCc2ccc(OC)c(I)c2)cc1I. The number of rotatable bonds is 17. The Kier molecular flexibility index (Phi) is 14.7. The molecule has 0 aliphatic heterocycles. The van der Waals surface area contributed by atoms with Gasteiger partial charge in [-0.2, -0.15) is 0 Å². The Morgan fingerprint density at radius 2 is 1.12 bits per heavy atom. The summed E-state index contributed by atoms with van der Waals surface area (Å²) in [5.41, 5.74) is 2.62. The Morgan fingerprint density at radius 3 is 1.47 bits per heavy atom. The molecule has 2 aromatic carbocycles. The Hall–Kier alpha value is -0.660. The standard InChI is InChI=1S/C26H38I2N2O4/c1-33-25-11-9-19(15-21(25)27)7-3-5-13-29-17-23(31)24(32)18-30-14-6-4-8-20-10-12-26(34-2)22(28)16-20/h9-12,15-16,23-24,29-32H,3-8,13-14,17-18H2,1-2H3/t23-,24-/m0/s1. The third-order valence-electron chi connectivity index (χ3n) is 5.72. The van der Waals surface area contributed by atoms with E-state index >= 15 is 0 Å².